The van der Waals surface area contributed by atoms with E-state index < -0.39 is 0 Å². The molecule has 0 aromatic heterocycles. The van der Waals surface area contributed by atoms with E-state index in [1.54, 1.807) is 0 Å². The molecule has 80 valence electrons. The van der Waals surface area contributed by atoms with Gasteiger partial charge in [-0.25, -0.2) is 0 Å². The lowest BCUT2D eigenvalue weighted by Gasteiger charge is -2.28. The summed E-state index contributed by atoms with van der Waals surface area (Å²) in [6.07, 6.45) is 1.77. The average Bonchev–Trinajstić information content (AvgIpc) is 2.88. The molecule has 0 spiro atoms. The fourth-order valence-corrected chi connectivity index (χ4v) is 2.81. The molecule has 0 N–H and O–H groups in total. The first kappa shape index (κ1) is 9.41. The standard InChI is InChI=1S/C13H12N2O/c14-7-9-1-3-11(4-2-9)15-8-10-5-12(15)13(16)6-10/h1-4,10,12H,5-6,8H2/t10-,12+/m0/s1. The third kappa shape index (κ3) is 1.30. The normalized spacial score (nSPS) is 27.2. The van der Waals surface area contributed by atoms with Gasteiger partial charge in [-0.3, -0.25) is 4.79 Å². The van der Waals surface area contributed by atoms with Gasteiger partial charge in [0, 0.05) is 18.7 Å². The molecule has 0 amide bonds. The van der Waals surface area contributed by atoms with Crippen LogP contribution >= 0.6 is 0 Å². The predicted octanol–water partition coefficient (Wildman–Crippen LogP) is 1.73. The molecule has 1 heterocycles. The van der Waals surface area contributed by atoms with E-state index in [0.717, 1.165) is 25.1 Å². The highest BCUT2D eigenvalue weighted by Gasteiger charge is 2.43. The number of rotatable bonds is 1. The largest absolute Gasteiger partial charge is 0.361 e. The summed E-state index contributed by atoms with van der Waals surface area (Å²) in [4.78, 5) is 13.8. The molecule has 1 aromatic rings. The van der Waals surface area contributed by atoms with E-state index in [1.165, 1.54) is 0 Å². The zero-order valence-electron chi connectivity index (χ0n) is 8.89. The molecule has 3 nitrogen and oxygen atoms in total. The fourth-order valence-electron chi connectivity index (χ4n) is 2.81. The molecule has 16 heavy (non-hydrogen) atoms. The first-order chi connectivity index (χ1) is 7.78. The number of piperidine rings is 1. The summed E-state index contributed by atoms with van der Waals surface area (Å²) in [5, 5.41) is 8.72. The first-order valence-electron chi connectivity index (χ1n) is 5.57. The van der Waals surface area contributed by atoms with Crippen LogP contribution in [0.3, 0.4) is 0 Å². The van der Waals surface area contributed by atoms with Crippen molar-refractivity contribution in [2.45, 2.75) is 18.9 Å². The summed E-state index contributed by atoms with van der Waals surface area (Å²) in [6, 6.07) is 9.69. The van der Waals surface area contributed by atoms with Gasteiger partial charge in [0.2, 0.25) is 0 Å². The van der Waals surface area contributed by atoms with Crippen LogP contribution in [-0.4, -0.2) is 18.4 Å². The zero-order chi connectivity index (χ0) is 11.1. The Labute approximate surface area is 94.3 Å². The van der Waals surface area contributed by atoms with E-state index in [0.29, 0.717) is 17.3 Å². The summed E-state index contributed by atoms with van der Waals surface area (Å²) in [5.74, 6) is 0.925. The minimum atomic E-state index is 0.0953. The molecule has 1 aliphatic carbocycles. The monoisotopic (exact) mass is 212 g/mol. The predicted molar refractivity (Wildman–Crippen MR) is 60.0 cm³/mol. The highest BCUT2D eigenvalue weighted by atomic mass is 16.1. The Bertz CT molecular complexity index is 472. The number of Topliss-reactive ketones (excluding diaryl/α,β-unsaturated/α-hetero) is 1. The van der Waals surface area contributed by atoms with E-state index in [2.05, 4.69) is 11.0 Å². The van der Waals surface area contributed by atoms with E-state index in [1.807, 2.05) is 24.3 Å². The molecule has 2 atom stereocenters. The molecule has 3 heteroatoms. The Balaban J connectivity index is 1.88. The van der Waals surface area contributed by atoms with Gasteiger partial charge in [0.25, 0.3) is 0 Å². The molecule has 1 saturated carbocycles. The minimum Gasteiger partial charge on any atom is -0.361 e. The average molecular weight is 212 g/mol. The maximum atomic E-state index is 11.6. The van der Waals surface area contributed by atoms with Crippen molar-refractivity contribution < 1.29 is 4.79 Å². The Morgan fingerprint density at radius 2 is 2.06 bits per heavy atom. The van der Waals surface area contributed by atoms with Crippen LogP contribution in [0.4, 0.5) is 5.69 Å². The number of carbonyl (C=O) groups is 1. The molecule has 3 rings (SSSR count). The number of nitrogens with zero attached hydrogens (tertiary/aromatic N) is 2. The van der Waals surface area contributed by atoms with Crippen LogP contribution in [0, 0.1) is 17.2 Å². The second-order valence-corrected chi connectivity index (χ2v) is 4.60. The molecular weight excluding hydrogens is 200 g/mol. The van der Waals surface area contributed by atoms with Crippen molar-refractivity contribution in [2.75, 3.05) is 11.4 Å². The van der Waals surface area contributed by atoms with Crippen LogP contribution in [0.1, 0.15) is 18.4 Å². The van der Waals surface area contributed by atoms with Crippen molar-refractivity contribution in [3.8, 4) is 6.07 Å². The van der Waals surface area contributed by atoms with Gasteiger partial charge in [-0.1, -0.05) is 0 Å². The number of fused-ring (bicyclic) bond motifs is 2. The SMILES string of the molecule is N#Cc1ccc(N2C[C@@H]3CC(=O)[C@H]2C3)cc1. The lowest BCUT2D eigenvalue weighted by Crippen LogP contribution is -2.38. The van der Waals surface area contributed by atoms with Crippen molar-refractivity contribution in [3.63, 3.8) is 0 Å². The van der Waals surface area contributed by atoms with Gasteiger partial charge >= 0.3 is 0 Å². The van der Waals surface area contributed by atoms with Crippen molar-refractivity contribution >= 4 is 11.5 Å². The number of anilines is 1. The van der Waals surface area contributed by atoms with E-state index >= 15 is 0 Å². The van der Waals surface area contributed by atoms with Crippen molar-refractivity contribution in [3.05, 3.63) is 29.8 Å². The van der Waals surface area contributed by atoms with Gasteiger partial charge < -0.3 is 4.90 Å². The van der Waals surface area contributed by atoms with E-state index in [9.17, 15) is 4.79 Å². The summed E-state index contributed by atoms with van der Waals surface area (Å²) in [6.45, 7) is 0.988. The van der Waals surface area contributed by atoms with Crippen LogP contribution in [0.15, 0.2) is 24.3 Å². The molecule has 0 unspecified atom stereocenters. The smallest absolute Gasteiger partial charge is 0.155 e. The second-order valence-electron chi connectivity index (χ2n) is 4.60. The molecule has 2 fully saturated rings. The number of benzene rings is 1. The third-order valence-corrected chi connectivity index (χ3v) is 3.58. The number of nitriles is 1. The van der Waals surface area contributed by atoms with Crippen molar-refractivity contribution in [1.82, 2.24) is 0 Å². The van der Waals surface area contributed by atoms with Gasteiger partial charge in [-0.2, -0.15) is 5.26 Å². The number of ketones is 1. The maximum absolute atomic E-state index is 11.6. The number of hydrogen-bond donors (Lipinski definition) is 0. The Morgan fingerprint density at radius 3 is 2.62 bits per heavy atom. The van der Waals surface area contributed by atoms with E-state index in [-0.39, 0.29) is 6.04 Å². The quantitative estimate of drug-likeness (QED) is 0.712. The van der Waals surface area contributed by atoms with E-state index in [4.69, 9.17) is 5.26 Å². The summed E-state index contributed by atoms with van der Waals surface area (Å²) >= 11 is 0. The topological polar surface area (TPSA) is 44.1 Å². The summed E-state index contributed by atoms with van der Waals surface area (Å²) in [5.41, 5.74) is 1.74. The molecule has 1 aromatic carbocycles. The third-order valence-electron chi connectivity index (χ3n) is 3.58. The van der Waals surface area contributed by atoms with Gasteiger partial charge in [-0.05, 0) is 36.6 Å². The Morgan fingerprint density at radius 1 is 1.31 bits per heavy atom. The highest BCUT2D eigenvalue weighted by molar-refractivity contribution is 5.91. The van der Waals surface area contributed by atoms with Crippen LogP contribution < -0.4 is 4.90 Å². The lowest BCUT2D eigenvalue weighted by atomic mass is 10.1. The van der Waals surface area contributed by atoms with Gasteiger partial charge in [0.15, 0.2) is 5.78 Å². The molecule has 2 aliphatic rings. The molecule has 1 saturated heterocycles. The Hall–Kier alpha value is -1.82. The fraction of sp³-hybridized carbons (Fsp3) is 0.385. The van der Waals surface area contributed by atoms with Crippen LogP contribution in [-0.2, 0) is 4.79 Å². The zero-order valence-corrected chi connectivity index (χ0v) is 8.89. The lowest BCUT2D eigenvalue weighted by molar-refractivity contribution is -0.119. The minimum absolute atomic E-state index is 0.0953. The Kier molecular flexibility index (Phi) is 1.97. The summed E-state index contributed by atoms with van der Waals surface area (Å²) in [7, 11) is 0. The molecule has 1 aliphatic heterocycles. The molecular formula is C13H12N2O. The number of hydrogen-bond acceptors (Lipinski definition) is 3. The molecule has 2 bridgehead atoms. The van der Waals surface area contributed by atoms with Crippen LogP contribution in [0.5, 0.6) is 0 Å². The molecule has 0 radical (unpaired) electrons. The maximum Gasteiger partial charge on any atom is 0.155 e. The number of carbonyl (C=O) groups excluding carboxylic acids is 1. The van der Waals surface area contributed by atoms with Crippen LogP contribution in [0.2, 0.25) is 0 Å². The highest BCUT2D eigenvalue weighted by Crippen LogP contribution is 2.37. The van der Waals surface area contributed by atoms with Crippen LogP contribution in [0.25, 0.3) is 0 Å². The van der Waals surface area contributed by atoms with Gasteiger partial charge in [0.1, 0.15) is 0 Å². The second kappa shape index (κ2) is 3.34. The summed E-state index contributed by atoms with van der Waals surface area (Å²) < 4.78 is 0. The first-order valence-corrected chi connectivity index (χ1v) is 5.57. The van der Waals surface area contributed by atoms with Gasteiger partial charge in [0.05, 0.1) is 17.7 Å². The van der Waals surface area contributed by atoms with Crippen molar-refractivity contribution in [2.24, 2.45) is 5.92 Å². The van der Waals surface area contributed by atoms with Crippen molar-refractivity contribution in [1.29, 1.82) is 5.26 Å². The van der Waals surface area contributed by atoms with Gasteiger partial charge in [-0.15, -0.1) is 0 Å².